The van der Waals surface area contributed by atoms with Gasteiger partial charge in [0.25, 0.3) is 0 Å². The van der Waals surface area contributed by atoms with E-state index in [1.165, 1.54) is 18.2 Å². The van der Waals surface area contributed by atoms with Crippen molar-refractivity contribution in [1.29, 1.82) is 0 Å². The second-order valence-corrected chi connectivity index (χ2v) is 4.55. The molecule has 2 rings (SSSR count). The van der Waals surface area contributed by atoms with E-state index < -0.39 is 17.7 Å². The zero-order chi connectivity index (χ0) is 14.7. The fourth-order valence-electron chi connectivity index (χ4n) is 2.03. The Hall–Kier alpha value is -2.14. The minimum atomic E-state index is -0.513. The smallest absolute Gasteiger partial charge is 0.127 e. The number of nitrogens with one attached hydrogen (secondary N) is 1. The van der Waals surface area contributed by atoms with E-state index in [9.17, 15) is 19.0 Å². The monoisotopic (exact) mass is 279 g/mol. The SMILES string of the molecule is CC(NCc1cc(F)ccc1F)c1c(O)cccc1O. The summed E-state index contributed by atoms with van der Waals surface area (Å²) in [6.07, 6.45) is 0. The van der Waals surface area contributed by atoms with Crippen LogP contribution in [-0.2, 0) is 6.54 Å². The van der Waals surface area contributed by atoms with E-state index >= 15 is 0 Å². The van der Waals surface area contributed by atoms with Crippen LogP contribution in [0.3, 0.4) is 0 Å². The summed E-state index contributed by atoms with van der Waals surface area (Å²) in [5, 5.41) is 22.4. The number of rotatable bonds is 4. The average Bonchev–Trinajstić information content (AvgIpc) is 2.39. The Labute approximate surface area is 115 Å². The van der Waals surface area contributed by atoms with E-state index in [1.54, 1.807) is 6.92 Å². The molecule has 5 heteroatoms. The molecule has 2 aromatic rings. The Morgan fingerprint density at radius 3 is 2.40 bits per heavy atom. The number of phenols is 2. The van der Waals surface area contributed by atoms with Gasteiger partial charge in [-0.25, -0.2) is 8.78 Å². The molecule has 20 heavy (non-hydrogen) atoms. The van der Waals surface area contributed by atoms with Crippen molar-refractivity contribution >= 4 is 0 Å². The molecule has 0 fully saturated rings. The molecule has 0 aliphatic carbocycles. The molecule has 0 aliphatic heterocycles. The van der Waals surface area contributed by atoms with Gasteiger partial charge in [0.2, 0.25) is 0 Å². The van der Waals surface area contributed by atoms with Crippen LogP contribution in [0.2, 0.25) is 0 Å². The summed E-state index contributed by atoms with van der Waals surface area (Å²) < 4.78 is 26.5. The molecular formula is C15H15F2NO2. The fourth-order valence-corrected chi connectivity index (χ4v) is 2.03. The maximum absolute atomic E-state index is 13.5. The summed E-state index contributed by atoms with van der Waals surface area (Å²) in [6, 6.07) is 7.24. The Morgan fingerprint density at radius 1 is 1.10 bits per heavy atom. The second-order valence-electron chi connectivity index (χ2n) is 4.55. The van der Waals surface area contributed by atoms with Crippen LogP contribution in [0.25, 0.3) is 0 Å². The quantitative estimate of drug-likeness (QED) is 0.805. The van der Waals surface area contributed by atoms with E-state index in [4.69, 9.17) is 0 Å². The van der Waals surface area contributed by atoms with Crippen molar-refractivity contribution in [3.8, 4) is 11.5 Å². The first-order valence-electron chi connectivity index (χ1n) is 6.17. The molecule has 0 spiro atoms. The van der Waals surface area contributed by atoms with Gasteiger partial charge in [-0.2, -0.15) is 0 Å². The molecule has 0 saturated carbocycles. The lowest BCUT2D eigenvalue weighted by Gasteiger charge is -2.17. The van der Waals surface area contributed by atoms with Gasteiger partial charge in [-0.3, -0.25) is 0 Å². The van der Waals surface area contributed by atoms with Gasteiger partial charge in [0.15, 0.2) is 0 Å². The molecule has 0 saturated heterocycles. The molecule has 0 aromatic heterocycles. The molecule has 2 aromatic carbocycles. The molecule has 0 radical (unpaired) electrons. The predicted octanol–water partition coefficient (Wildman–Crippen LogP) is 3.23. The number of halogens is 2. The maximum Gasteiger partial charge on any atom is 0.127 e. The first-order valence-corrected chi connectivity index (χ1v) is 6.17. The molecule has 1 atom stereocenters. The molecule has 1 unspecified atom stereocenters. The summed E-state index contributed by atoms with van der Waals surface area (Å²) in [7, 11) is 0. The van der Waals surface area contributed by atoms with Gasteiger partial charge in [-0.05, 0) is 37.3 Å². The molecule has 0 bridgehead atoms. The van der Waals surface area contributed by atoms with Gasteiger partial charge < -0.3 is 15.5 Å². The zero-order valence-corrected chi connectivity index (χ0v) is 10.9. The van der Waals surface area contributed by atoms with E-state index in [0.29, 0.717) is 5.56 Å². The van der Waals surface area contributed by atoms with E-state index in [2.05, 4.69) is 5.32 Å². The van der Waals surface area contributed by atoms with E-state index in [1.807, 2.05) is 0 Å². The minimum Gasteiger partial charge on any atom is -0.507 e. The fraction of sp³-hybridized carbons (Fsp3) is 0.200. The molecular weight excluding hydrogens is 264 g/mol. The second kappa shape index (κ2) is 5.88. The molecule has 0 aliphatic rings. The zero-order valence-electron chi connectivity index (χ0n) is 10.9. The third-order valence-electron chi connectivity index (χ3n) is 3.10. The number of benzene rings is 2. The maximum atomic E-state index is 13.5. The first kappa shape index (κ1) is 14.3. The molecule has 0 heterocycles. The van der Waals surface area contributed by atoms with E-state index in [-0.39, 0.29) is 23.6 Å². The average molecular weight is 279 g/mol. The van der Waals surface area contributed by atoms with E-state index in [0.717, 1.165) is 18.2 Å². The van der Waals surface area contributed by atoms with Gasteiger partial charge in [0, 0.05) is 18.2 Å². The number of hydrogen-bond donors (Lipinski definition) is 3. The summed E-state index contributed by atoms with van der Waals surface area (Å²) >= 11 is 0. The van der Waals surface area contributed by atoms with Crippen molar-refractivity contribution in [3.05, 3.63) is 59.2 Å². The topological polar surface area (TPSA) is 52.5 Å². The van der Waals surface area contributed by atoms with Gasteiger partial charge in [0.1, 0.15) is 23.1 Å². The number of phenolic OH excluding ortho intramolecular Hbond substituents is 2. The van der Waals surface area contributed by atoms with Crippen LogP contribution < -0.4 is 5.32 Å². The minimum absolute atomic E-state index is 0.0512. The Balaban J connectivity index is 2.13. The predicted molar refractivity (Wildman–Crippen MR) is 71.4 cm³/mol. The van der Waals surface area contributed by atoms with Gasteiger partial charge in [-0.1, -0.05) is 6.07 Å². The van der Waals surface area contributed by atoms with Gasteiger partial charge in [0.05, 0.1) is 5.56 Å². The Morgan fingerprint density at radius 2 is 1.75 bits per heavy atom. The number of aromatic hydroxyl groups is 2. The van der Waals surface area contributed by atoms with Gasteiger partial charge >= 0.3 is 0 Å². The van der Waals surface area contributed by atoms with Crippen molar-refractivity contribution in [2.45, 2.75) is 19.5 Å². The van der Waals surface area contributed by atoms with Crippen molar-refractivity contribution < 1.29 is 19.0 Å². The third-order valence-corrected chi connectivity index (χ3v) is 3.10. The summed E-state index contributed by atoms with van der Waals surface area (Å²) in [6.45, 7) is 1.80. The van der Waals surface area contributed by atoms with Crippen LogP contribution >= 0.6 is 0 Å². The van der Waals surface area contributed by atoms with Crippen LogP contribution in [0.4, 0.5) is 8.78 Å². The van der Waals surface area contributed by atoms with Crippen molar-refractivity contribution in [3.63, 3.8) is 0 Å². The van der Waals surface area contributed by atoms with Crippen LogP contribution in [0.5, 0.6) is 11.5 Å². The lowest BCUT2D eigenvalue weighted by Crippen LogP contribution is -2.19. The lowest BCUT2D eigenvalue weighted by molar-refractivity contribution is 0.417. The lowest BCUT2D eigenvalue weighted by atomic mass is 10.1. The Kier molecular flexibility index (Phi) is 4.20. The Bertz CT molecular complexity index is 597. The van der Waals surface area contributed by atoms with Gasteiger partial charge in [-0.15, -0.1) is 0 Å². The van der Waals surface area contributed by atoms with Crippen LogP contribution in [0.15, 0.2) is 36.4 Å². The molecule has 0 amide bonds. The molecule has 106 valence electrons. The van der Waals surface area contributed by atoms with Crippen LogP contribution in [-0.4, -0.2) is 10.2 Å². The highest BCUT2D eigenvalue weighted by atomic mass is 19.1. The van der Waals surface area contributed by atoms with Crippen molar-refractivity contribution in [2.75, 3.05) is 0 Å². The third kappa shape index (κ3) is 3.05. The largest absolute Gasteiger partial charge is 0.507 e. The first-order chi connectivity index (χ1) is 9.49. The highest BCUT2D eigenvalue weighted by Gasteiger charge is 2.15. The highest BCUT2D eigenvalue weighted by molar-refractivity contribution is 5.44. The molecule has 3 nitrogen and oxygen atoms in total. The number of hydrogen-bond acceptors (Lipinski definition) is 3. The summed E-state index contributed by atoms with van der Waals surface area (Å²) in [5.41, 5.74) is 0.510. The van der Waals surface area contributed by atoms with Crippen LogP contribution in [0.1, 0.15) is 24.1 Å². The highest BCUT2D eigenvalue weighted by Crippen LogP contribution is 2.32. The summed E-state index contributed by atoms with van der Waals surface area (Å²) in [4.78, 5) is 0. The molecule has 3 N–H and O–H groups in total. The normalized spacial score (nSPS) is 12.3. The summed E-state index contributed by atoms with van der Waals surface area (Å²) in [5.74, 6) is -1.12. The van der Waals surface area contributed by atoms with Crippen molar-refractivity contribution in [2.24, 2.45) is 0 Å². The standard InChI is InChI=1S/C15H15F2NO2/c1-9(15-13(19)3-2-4-14(15)20)18-8-10-7-11(16)5-6-12(10)17/h2-7,9,18-20H,8H2,1H3. The van der Waals surface area contributed by atoms with Crippen LogP contribution in [0, 0.1) is 11.6 Å². The van der Waals surface area contributed by atoms with Crippen molar-refractivity contribution in [1.82, 2.24) is 5.32 Å².